The van der Waals surface area contributed by atoms with E-state index in [0.29, 0.717) is 16.6 Å². The second-order valence-corrected chi connectivity index (χ2v) is 5.98. The number of thiophene rings is 1. The Morgan fingerprint density at radius 3 is 2.84 bits per heavy atom. The predicted molar refractivity (Wildman–Crippen MR) is 75.1 cm³/mol. The van der Waals surface area contributed by atoms with Crippen molar-refractivity contribution in [3.63, 3.8) is 0 Å². The van der Waals surface area contributed by atoms with E-state index in [0.717, 1.165) is 31.2 Å². The second-order valence-electron chi connectivity index (χ2n) is 4.88. The molecular weight excluding hydrogens is 264 g/mol. The summed E-state index contributed by atoms with van der Waals surface area (Å²) in [5.41, 5.74) is 0.557. The standard InChI is InChI=1S/C13H16N2O3S/c16-7-3-6-15-12(17)10-8-4-1-2-5-9(8)19-11(10)14-13(15)18/h16H,1-7H2,(H,14,18). The summed E-state index contributed by atoms with van der Waals surface area (Å²) in [6.07, 6.45) is 4.61. The first kappa shape index (κ1) is 12.6. The molecule has 0 fully saturated rings. The third kappa shape index (κ3) is 2.04. The molecule has 5 nitrogen and oxygen atoms in total. The van der Waals surface area contributed by atoms with Crippen LogP contribution in [0.5, 0.6) is 0 Å². The van der Waals surface area contributed by atoms with Gasteiger partial charge in [0.05, 0.1) is 5.39 Å². The highest BCUT2D eigenvalue weighted by Crippen LogP contribution is 2.32. The summed E-state index contributed by atoms with van der Waals surface area (Å²) in [5, 5.41) is 9.54. The van der Waals surface area contributed by atoms with Crippen molar-refractivity contribution in [2.45, 2.75) is 38.6 Å². The van der Waals surface area contributed by atoms with Crippen molar-refractivity contribution < 1.29 is 5.11 Å². The van der Waals surface area contributed by atoms with Gasteiger partial charge < -0.3 is 5.11 Å². The van der Waals surface area contributed by atoms with Crippen LogP contribution < -0.4 is 11.2 Å². The molecule has 2 aromatic rings. The molecule has 19 heavy (non-hydrogen) atoms. The molecule has 0 unspecified atom stereocenters. The number of aromatic amines is 1. The first-order chi connectivity index (χ1) is 9.22. The number of nitrogens with zero attached hydrogens (tertiary/aromatic N) is 1. The third-order valence-electron chi connectivity index (χ3n) is 3.64. The van der Waals surface area contributed by atoms with E-state index in [9.17, 15) is 9.59 Å². The molecule has 2 heterocycles. The van der Waals surface area contributed by atoms with Crippen LogP contribution in [0.15, 0.2) is 9.59 Å². The highest BCUT2D eigenvalue weighted by Gasteiger charge is 2.20. The molecule has 1 aliphatic carbocycles. The Bertz CT molecular complexity index is 726. The average molecular weight is 280 g/mol. The minimum absolute atomic E-state index is 0.0222. The topological polar surface area (TPSA) is 75.1 Å². The smallest absolute Gasteiger partial charge is 0.329 e. The van der Waals surface area contributed by atoms with Gasteiger partial charge in [-0.3, -0.25) is 14.3 Å². The molecule has 0 aromatic carbocycles. The van der Waals surface area contributed by atoms with Gasteiger partial charge in [0.2, 0.25) is 0 Å². The molecule has 2 aromatic heterocycles. The fourth-order valence-electron chi connectivity index (χ4n) is 2.70. The maximum atomic E-state index is 12.5. The van der Waals surface area contributed by atoms with Crippen molar-refractivity contribution in [1.82, 2.24) is 9.55 Å². The fourth-order valence-corrected chi connectivity index (χ4v) is 3.97. The number of rotatable bonds is 3. The van der Waals surface area contributed by atoms with Crippen molar-refractivity contribution in [3.8, 4) is 0 Å². The predicted octanol–water partition coefficient (Wildman–Crippen LogP) is 1.01. The van der Waals surface area contributed by atoms with Crippen molar-refractivity contribution in [2.75, 3.05) is 6.61 Å². The van der Waals surface area contributed by atoms with Crippen LogP contribution in [0, 0.1) is 0 Å². The molecular formula is C13H16N2O3S. The second kappa shape index (κ2) is 4.94. The van der Waals surface area contributed by atoms with Crippen LogP contribution in [-0.2, 0) is 19.4 Å². The summed E-state index contributed by atoms with van der Waals surface area (Å²) in [4.78, 5) is 29.1. The summed E-state index contributed by atoms with van der Waals surface area (Å²) in [5.74, 6) is 0. The lowest BCUT2D eigenvalue weighted by molar-refractivity contribution is 0.278. The Kier molecular flexibility index (Phi) is 3.28. The largest absolute Gasteiger partial charge is 0.396 e. The van der Waals surface area contributed by atoms with Gasteiger partial charge in [-0.25, -0.2) is 4.79 Å². The van der Waals surface area contributed by atoms with Crippen molar-refractivity contribution in [1.29, 1.82) is 0 Å². The van der Waals surface area contributed by atoms with Crippen LogP contribution in [0.2, 0.25) is 0 Å². The molecule has 0 radical (unpaired) electrons. The molecule has 0 saturated heterocycles. The van der Waals surface area contributed by atoms with E-state index in [-0.39, 0.29) is 24.4 Å². The lowest BCUT2D eigenvalue weighted by atomic mass is 9.97. The van der Waals surface area contributed by atoms with Crippen LogP contribution >= 0.6 is 11.3 Å². The van der Waals surface area contributed by atoms with Crippen molar-refractivity contribution >= 4 is 21.6 Å². The summed E-state index contributed by atoms with van der Waals surface area (Å²) >= 11 is 1.54. The molecule has 1 aliphatic rings. The Morgan fingerprint density at radius 1 is 1.26 bits per heavy atom. The summed E-state index contributed by atoms with van der Waals surface area (Å²) in [6, 6.07) is 0. The van der Waals surface area contributed by atoms with Crippen molar-refractivity contribution in [3.05, 3.63) is 31.3 Å². The van der Waals surface area contributed by atoms with E-state index in [4.69, 9.17) is 5.11 Å². The number of aryl methyl sites for hydroxylation is 2. The normalized spacial score (nSPS) is 14.8. The molecule has 0 saturated carbocycles. The van der Waals surface area contributed by atoms with Gasteiger partial charge in [0, 0.05) is 18.0 Å². The zero-order valence-electron chi connectivity index (χ0n) is 10.6. The van der Waals surface area contributed by atoms with Gasteiger partial charge in [-0.05, 0) is 37.7 Å². The zero-order valence-corrected chi connectivity index (χ0v) is 11.4. The Hall–Kier alpha value is -1.40. The van der Waals surface area contributed by atoms with Gasteiger partial charge in [0.15, 0.2) is 0 Å². The number of H-pyrrole nitrogens is 1. The molecule has 0 aliphatic heterocycles. The van der Waals surface area contributed by atoms with E-state index in [1.807, 2.05) is 0 Å². The fraction of sp³-hybridized carbons (Fsp3) is 0.538. The van der Waals surface area contributed by atoms with E-state index >= 15 is 0 Å². The number of aromatic nitrogens is 2. The number of aliphatic hydroxyl groups is 1. The highest BCUT2D eigenvalue weighted by atomic mass is 32.1. The van der Waals surface area contributed by atoms with Gasteiger partial charge in [-0.1, -0.05) is 0 Å². The van der Waals surface area contributed by atoms with Gasteiger partial charge in [0.25, 0.3) is 5.56 Å². The summed E-state index contributed by atoms with van der Waals surface area (Å²) in [6.45, 7) is 0.247. The average Bonchev–Trinajstić information content (AvgIpc) is 2.76. The molecule has 2 N–H and O–H groups in total. The Balaban J connectivity index is 2.24. The zero-order chi connectivity index (χ0) is 13.4. The first-order valence-corrected chi connectivity index (χ1v) is 7.42. The lowest BCUT2D eigenvalue weighted by Crippen LogP contribution is -2.35. The van der Waals surface area contributed by atoms with Gasteiger partial charge in [-0.15, -0.1) is 11.3 Å². The van der Waals surface area contributed by atoms with Crippen LogP contribution in [-0.4, -0.2) is 21.3 Å². The summed E-state index contributed by atoms with van der Waals surface area (Å²) in [7, 11) is 0. The molecule has 0 spiro atoms. The molecule has 3 rings (SSSR count). The minimum Gasteiger partial charge on any atom is -0.396 e. The monoisotopic (exact) mass is 280 g/mol. The van der Waals surface area contributed by atoms with Gasteiger partial charge in [-0.2, -0.15) is 0 Å². The SMILES string of the molecule is O=c1[nH]c2sc3c(c2c(=O)n1CCCO)CCCC3. The van der Waals surface area contributed by atoms with E-state index in [2.05, 4.69) is 4.98 Å². The van der Waals surface area contributed by atoms with E-state index in [1.54, 1.807) is 11.3 Å². The van der Waals surface area contributed by atoms with E-state index < -0.39 is 0 Å². The van der Waals surface area contributed by atoms with Gasteiger partial charge in [0.1, 0.15) is 4.83 Å². The first-order valence-electron chi connectivity index (χ1n) is 6.60. The van der Waals surface area contributed by atoms with Crippen molar-refractivity contribution in [2.24, 2.45) is 0 Å². The minimum atomic E-state index is -0.371. The number of nitrogens with one attached hydrogen (secondary N) is 1. The maximum absolute atomic E-state index is 12.5. The molecule has 0 atom stereocenters. The Morgan fingerprint density at radius 2 is 2.05 bits per heavy atom. The number of hydrogen-bond donors (Lipinski definition) is 2. The number of fused-ring (bicyclic) bond motifs is 3. The molecule has 102 valence electrons. The lowest BCUT2D eigenvalue weighted by Gasteiger charge is -2.10. The highest BCUT2D eigenvalue weighted by molar-refractivity contribution is 7.18. The van der Waals surface area contributed by atoms with Gasteiger partial charge >= 0.3 is 5.69 Å². The number of hydrogen-bond acceptors (Lipinski definition) is 4. The van der Waals surface area contributed by atoms with Crippen LogP contribution in [0.3, 0.4) is 0 Å². The molecule has 0 bridgehead atoms. The molecule has 6 heteroatoms. The van der Waals surface area contributed by atoms with Crippen LogP contribution in [0.4, 0.5) is 0 Å². The maximum Gasteiger partial charge on any atom is 0.329 e. The summed E-state index contributed by atoms with van der Waals surface area (Å²) < 4.78 is 1.21. The quantitative estimate of drug-likeness (QED) is 0.881. The van der Waals surface area contributed by atoms with E-state index in [1.165, 1.54) is 9.44 Å². The van der Waals surface area contributed by atoms with Crippen LogP contribution in [0.1, 0.15) is 29.7 Å². The van der Waals surface area contributed by atoms with Crippen LogP contribution in [0.25, 0.3) is 10.2 Å². The Labute approximate surface area is 113 Å². The number of aliphatic hydroxyl groups excluding tert-OH is 1. The third-order valence-corrected chi connectivity index (χ3v) is 4.84. The molecule has 0 amide bonds.